The van der Waals surface area contributed by atoms with Crippen molar-refractivity contribution in [3.05, 3.63) is 51.1 Å². The molecule has 1 saturated heterocycles. The first-order valence-corrected chi connectivity index (χ1v) is 10.1. The van der Waals surface area contributed by atoms with E-state index in [0.717, 1.165) is 16.7 Å². The Bertz CT molecular complexity index is 1060. The maximum absolute atomic E-state index is 12.5. The van der Waals surface area contributed by atoms with Crippen LogP contribution in [0.5, 0.6) is 5.75 Å². The van der Waals surface area contributed by atoms with Crippen molar-refractivity contribution in [2.45, 2.75) is 13.5 Å². The van der Waals surface area contributed by atoms with Gasteiger partial charge in [-0.15, -0.1) is 0 Å². The zero-order valence-electron chi connectivity index (χ0n) is 16.4. The van der Waals surface area contributed by atoms with Crippen molar-refractivity contribution in [3.63, 3.8) is 0 Å². The van der Waals surface area contributed by atoms with Crippen molar-refractivity contribution in [2.75, 3.05) is 13.1 Å². The highest BCUT2D eigenvalue weighted by atomic mass is 35.5. The van der Waals surface area contributed by atoms with E-state index in [9.17, 15) is 23.2 Å². The van der Waals surface area contributed by atoms with E-state index in [0.29, 0.717) is 11.3 Å². The molecule has 1 aromatic heterocycles. The number of nitrogens with one attached hydrogen (secondary N) is 1. The number of nitrogens with zero attached hydrogens (tertiary/aromatic N) is 3. The molecule has 1 aromatic carbocycles. The molecule has 0 radical (unpaired) electrons. The molecule has 164 valence electrons. The van der Waals surface area contributed by atoms with Crippen molar-refractivity contribution in [1.82, 2.24) is 20.0 Å². The Labute approximate surface area is 185 Å². The molecule has 0 spiro atoms. The van der Waals surface area contributed by atoms with Gasteiger partial charge in [-0.2, -0.15) is 13.9 Å². The monoisotopic (exact) mass is 470 g/mol. The van der Waals surface area contributed by atoms with E-state index >= 15 is 0 Å². The molecule has 12 heteroatoms. The first kappa shape index (κ1) is 22.8. The summed E-state index contributed by atoms with van der Waals surface area (Å²) in [4.78, 5) is 38.3. The van der Waals surface area contributed by atoms with Crippen LogP contribution in [-0.4, -0.2) is 51.4 Å². The van der Waals surface area contributed by atoms with Gasteiger partial charge in [-0.1, -0.05) is 23.7 Å². The van der Waals surface area contributed by atoms with Crippen LogP contribution < -0.4 is 10.1 Å². The second-order valence-corrected chi connectivity index (χ2v) is 7.76. The molecule has 31 heavy (non-hydrogen) atoms. The number of hydrogen-bond acceptors (Lipinski definition) is 6. The Morgan fingerprint density at radius 2 is 2.00 bits per heavy atom. The first-order chi connectivity index (χ1) is 14.7. The number of alkyl halides is 2. The molecule has 2 aromatic rings. The molecular formula is C19H17ClF2N4O4S. The Morgan fingerprint density at radius 1 is 1.32 bits per heavy atom. The van der Waals surface area contributed by atoms with E-state index in [-0.39, 0.29) is 34.5 Å². The minimum absolute atomic E-state index is 0.0139. The van der Waals surface area contributed by atoms with E-state index in [2.05, 4.69) is 15.2 Å². The second kappa shape index (κ2) is 9.48. The van der Waals surface area contributed by atoms with Crippen LogP contribution in [0.1, 0.15) is 21.6 Å². The molecule has 3 amide bonds. The van der Waals surface area contributed by atoms with Crippen molar-refractivity contribution >= 4 is 46.5 Å². The zero-order chi connectivity index (χ0) is 22.7. The summed E-state index contributed by atoms with van der Waals surface area (Å²) >= 11 is 6.81. The summed E-state index contributed by atoms with van der Waals surface area (Å²) in [6.07, 6.45) is 1.48. The molecule has 1 fully saturated rings. The summed E-state index contributed by atoms with van der Waals surface area (Å²) in [6, 6.07) is 5.66. The predicted octanol–water partition coefficient (Wildman–Crippen LogP) is 3.45. The highest BCUT2D eigenvalue weighted by Gasteiger charge is 2.34. The molecule has 0 unspecified atom stereocenters. The lowest BCUT2D eigenvalue weighted by molar-refractivity contribution is -0.122. The smallest absolute Gasteiger partial charge is 0.387 e. The van der Waals surface area contributed by atoms with Gasteiger partial charge in [0, 0.05) is 20.1 Å². The van der Waals surface area contributed by atoms with E-state index in [4.69, 9.17) is 11.6 Å². The third-order valence-corrected chi connectivity index (χ3v) is 5.62. The number of ether oxygens (including phenoxy) is 1. The fourth-order valence-electron chi connectivity index (χ4n) is 2.85. The van der Waals surface area contributed by atoms with Gasteiger partial charge in [0.05, 0.1) is 16.2 Å². The van der Waals surface area contributed by atoms with Gasteiger partial charge in [-0.05, 0) is 42.5 Å². The Morgan fingerprint density at radius 3 is 2.58 bits per heavy atom. The molecule has 1 aliphatic rings. The SMILES string of the molecule is Cc1nn(C)c(Cl)c1C(=O)NCCN1C(=O)SC(=Cc2ccc(OC(F)F)cc2)C1=O. The largest absolute Gasteiger partial charge is 0.435 e. The third kappa shape index (κ3) is 5.23. The van der Waals surface area contributed by atoms with Crippen molar-refractivity contribution in [3.8, 4) is 5.75 Å². The van der Waals surface area contributed by atoms with Crippen molar-refractivity contribution < 1.29 is 27.9 Å². The summed E-state index contributed by atoms with van der Waals surface area (Å²) in [5.41, 5.74) is 1.24. The maximum atomic E-state index is 12.5. The number of rotatable bonds is 7. The molecule has 8 nitrogen and oxygen atoms in total. The highest BCUT2D eigenvalue weighted by molar-refractivity contribution is 8.18. The van der Waals surface area contributed by atoms with Crippen LogP contribution in [0.2, 0.25) is 5.15 Å². The van der Waals surface area contributed by atoms with Crippen LogP contribution in [0.25, 0.3) is 6.08 Å². The molecule has 1 aliphatic heterocycles. The lowest BCUT2D eigenvalue weighted by Crippen LogP contribution is -2.37. The molecular weight excluding hydrogens is 454 g/mol. The number of aromatic nitrogens is 2. The number of carbonyl (C=O) groups is 3. The van der Waals surface area contributed by atoms with Gasteiger partial charge < -0.3 is 10.1 Å². The van der Waals surface area contributed by atoms with Gasteiger partial charge in [-0.25, -0.2) is 0 Å². The van der Waals surface area contributed by atoms with Gasteiger partial charge in [0.2, 0.25) is 0 Å². The zero-order valence-corrected chi connectivity index (χ0v) is 18.0. The van der Waals surface area contributed by atoms with Gasteiger partial charge in [0.25, 0.3) is 17.1 Å². The van der Waals surface area contributed by atoms with Crippen molar-refractivity contribution in [2.24, 2.45) is 7.05 Å². The molecule has 2 heterocycles. The number of aryl methyl sites for hydroxylation is 2. The van der Waals surface area contributed by atoms with Gasteiger partial charge >= 0.3 is 6.61 Å². The van der Waals surface area contributed by atoms with Gasteiger partial charge in [0.1, 0.15) is 10.9 Å². The molecule has 0 saturated carbocycles. The number of thioether (sulfide) groups is 1. The van der Waals surface area contributed by atoms with Crippen LogP contribution in [0, 0.1) is 6.92 Å². The number of benzene rings is 1. The summed E-state index contributed by atoms with van der Waals surface area (Å²) in [6.45, 7) is -1.27. The summed E-state index contributed by atoms with van der Waals surface area (Å²) in [5, 5.41) is 6.40. The topological polar surface area (TPSA) is 93.5 Å². The summed E-state index contributed by atoms with van der Waals surface area (Å²) < 4.78 is 30.1. The molecule has 0 bridgehead atoms. The van der Waals surface area contributed by atoms with Gasteiger partial charge in [-0.3, -0.25) is 24.0 Å². The quantitative estimate of drug-likeness (QED) is 0.623. The predicted molar refractivity (Wildman–Crippen MR) is 111 cm³/mol. The van der Waals surface area contributed by atoms with E-state index in [1.54, 1.807) is 14.0 Å². The van der Waals surface area contributed by atoms with Crippen molar-refractivity contribution in [1.29, 1.82) is 0 Å². The maximum Gasteiger partial charge on any atom is 0.387 e. The second-order valence-electron chi connectivity index (χ2n) is 6.41. The molecule has 3 rings (SSSR count). The Balaban J connectivity index is 1.60. The lowest BCUT2D eigenvalue weighted by atomic mass is 10.2. The standard InChI is InChI=1S/C19H17ClF2N4O4S/c1-10-14(15(20)25(2)24-10)16(27)23-7-8-26-17(28)13(31-19(26)29)9-11-3-5-12(6-4-11)30-18(21)22/h3-6,9,18H,7-8H2,1-2H3,(H,23,27). The molecule has 1 N–H and O–H groups in total. The normalized spacial score (nSPS) is 15.3. The molecule has 0 aliphatic carbocycles. The van der Waals surface area contributed by atoms with Gasteiger partial charge in [0.15, 0.2) is 0 Å². The van der Waals surface area contributed by atoms with E-state index in [1.165, 1.54) is 35.0 Å². The van der Waals surface area contributed by atoms with E-state index in [1.807, 2.05) is 0 Å². The average molecular weight is 471 g/mol. The fourth-order valence-corrected chi connectivity index (χ4v) is 3.97. The number of hydrogen-bond donors (Lipinski definition) is 1. The number of amides is 3. The minimum atomic E-state index is -2.93. The molecule has 0 atom stereocenters. The van der Waals surface area contributed by atoms with Crippen LogP contribution in [0.4, 0.5) is 13.6 Å². The summed E-state index contributed by atoms with van der Waals surface area (Å²) in [7, 11) is 1.61. The minimum Gasteiger partial charge on any atom is -0.435 e. The third-order valence-electron chi connectivity index (χ3n) is 4.28. The summed E-state index contributed by atoms with van der Waals surface area (Å²) in [5.74, 6) is -0.975. The number of imide groups is 1. The van der Waals surface area contributed by atoms with E-state index < -0.39 is 23.7 Å². The number of carbonyl (C=O) groups excluding carboxylic acids is 3. The Hall–Kier alpha value is -2.92. The lowest BCUT2D eigenvalue weighted by Gasteiger charge is -2.13. The average Bonchev–Trinajstić information content (AvgIpc) is 3.11. The van der Waals surface area contributed by atoms with Crippen LogP contribution >= 0.6 is 23.4 Å². The van der Waals surface area contributed by atoms with Crippen LogP contribution in [0.15, 0.2) is 29.2 Å². The van der Waals surface area contributed by atoms with Crippen LogP contribution in [0.3, 0.4) is 0 Å². The first-order valence-electron chi connectivity index (χ1n) is 8.95. The fraction of sp³-hybridized carbons (Fsp3) is 0.263. The highest BCUT2D eigenvalue weighted by Crippen LogP contribution is 2.32. The Kier molecular flexibility index (Phi) is 6.96. The number of halogens is 3. The van der Waals surface area contributed by atoms with Crippen LogP contribution in [-0.2, 0) is 11.8 Å².